The predicted octanol–water partition coefficient (Wildman–Crippen LogP) is -0.192. The van der Waals surface area contributed by atoms with Gasteiger partial charge in [-0.2, -0.15) is 15.0 Å². The Labute approximate surface area is 114 Å². The van der Waals surface area contributed by atoms with E-state index in [0.717, 1.165) is 0 Å². The lowest BCUT2D eigenvalue weighted by Crippen LogP contribution is -2.58. The number of carbonyl (C=O) groups excluding carboxylic acids is 2. The third-order valence-electron chi connectivity index (χ3n) is 2.72. The molecule has 0 spiro atoms. The first-order chi connectivity index (χ1) is 9.05. The van der Waals surface area contributed by atoms with E-state index in [1.54, 1.807) is 7.05 Å². The smallest absolute Gasteiger partial charge is 0.249 e. The van der Waals surface area contributed by atoms with E-state index in [1.807, 2.05) is 6.92 Å². The molecule has 0 bridgehead atoms. The monoisotopic (exact) mass is 284 g/mol. The maximum absolute atomic E-state index is 11.8. The Balaban J connectivity index is 2.39. The van der Waals surface area contributed by atoms with E-state index < -0.39 is 11.9 Å². The van der Waals surface area contributed by atoms with Gasteiger partial charge in [-0.15, -0.1) is 0 Å². The third-order valence-corrected chi connectivity index (χ3v) is 2.89. The highest BCUT2D eigenvalue weighted by molar-refractivity contribution is 6.28. The molecule has 1 aromatic rings. The first-order valence-corrected chi connectivity index (χ1v) is 6.12. The van der Waals surface area contributed by atoms with Gasteiger partial charge in [-0.1, -0.05) is 6.92 Å². The highest BCUT2D eigenvalue weighted by Crippen LogP contribution is 2.19. The molecule has 1 aliphatic rings. The van der Waals surface area contributed by atoms with Crippen LogP contribution in [0, 0.1) is 0 Å². The van der Waals surface area contributed by atoms with Gasteiger partial charge in [0.1, 0.15) is 12.6 Å². The van der Waals surface area contributed by atoms with E-state index in [1.165, 1.54) is 4.90 Å². The van der Waals surface area contributed by atoms with Crippen LogP contribution in [0.2, 0.25) is 5.28 Å². The average molecular weight is 285 g/mol. The van der Waals surface area contributed by atoms with Crippen LogP contribution in [0.3, 0.4) is 0 Å². The van der Waals surface area contributed by atoms with E-state index in [2.05, 4.69) is 25.6 Å². The Bertz CT molecular complexity index is 523. The zero-order valence-electron chi connectivity index (χ0n) is 10.5. The topological polar surface area (TPSA) is 100 Å². The number of rotatable bonds is 3. The molecule has 2 N–H and O–H groups in total. The molecule has 2 heterocycles. The van der Waals surface area contributed by atoms with E-state index >= 15 is 0 Å². The average Bonchev–Trinajstić information content (AvgIpc) is 2.37. The Hall–Kier alpha value is -1.96. The van der Waals surface area contributed by atoms with Gasteiger partial charge in [0.25, 0.3) is 0 Å². The van der Waals surface area contributed by atoms with Crippen LogP contribution in [0.4, 0.5) is 11.9 Å². The third kappa shape index (κ3) is 2.73. The molecule has 1 unspecified atom stereocenters. The Morgan fingerprint density at radius 3 is 2.79 bits per heavy atom. The van der Waals surface area contributed by atoms with Crippen molar-refractivity contribution in [3.8, 4) is 0 Å². The van der Waals surface area contributed by atoms with Crippen LogP contribution in [-0.4, -0.2) is 46.4 Å². The second-order valence-corrected chi connectivity index (χ2v) is 4.28. The molecule has 0 saturated carbocycles. The fourth-order valence-electron chi connectivity index (χ4n) is 1.86. The molecular formula is C10H13ClN6O2. The number of hydrogen-bond donors (Lipinski definition) is 2. The first kappa shape index (κ1) is 13.5. The lowest BCUT2D eigenvalue weighted by molar-refractivity contribution is -0.133. The second kappa shape index (κ2) is 5.35. The lowest BCUT2D eigenvalue weighted by atomic mass is 10.1. The van der Waals surface area contributed by atoms with Gasteiger partial charge >= 0.3 is 0 Å². The summed E-state index contributed by atoms with van der Waals surface area (Å²) < 4.78 is 0. The molecule has 19 heavy (non-hydrogen) atoms. The van der Waals surface area contributed by atoms with Gasteiger partial charge in [0.05, 0.1) is 0 Å². The number of amides is 2. The fraction of sp³-hybridized carbons (Fsp3) is 0.500. The number of carbonyl (C=O) groups is 2. The molecule has 0 aromatic carbocycles. The minimum atomic E-state index is -0.499. The van der Waals surface area contributed by atoms with E-state index in [0.29, 0.717) is 6.42 Å². The molecule has 8 nitrogen and oxygen atoms in total. The summed E-state index contributed by atoms with van der Waals surface area (Å²) in [6.07, 6.45) is 0.525. The summed E-state index contributed by atoms with van der Waals surface area (Å²) in [6.45, 7) is 1.85. The number of nitrogens with zero attached hydrogens (tertiary/aromatic N) is 4. The number of hydrogen-bond acceptors (Lipinski definition) is 7. The van der Waals surface area contributed by atoms with Crippen molar-refractivity contribution in [3.05, 3.63) is 5.28 Å². The maximum atomic E-state index is 11.8. The molecule has 0 aliphatic carbocycles. The zero-order valence-corrected chi connectivity index (χ0v) is 11.2. The van der Waals surface area contributed by atoms with Gasteiger partial charge in [0.15, 0.2) is 0 Å². The van der Waals surface area contributed by atoms with Crippen LogP contribution >= 0.6 is 11.6 Å². The van der Waals surface area contributed by atoms with Gasteiger partial charge in [0.2, 0.25) is 29.0 Å². The van der Waals surface area contributed by atoms with E-state index in [9.17, 15) is 9.59 Å². The first-order valence-electron chi connectivity index (χ1n) is 5.74. The molecule has 102 valence electrons. The number of piperazine rings is 1. The number of nitrogens with one attached hydrogen (secondary N) is 2. The molecule has 0 radical (unpaired) electrons. The number of aromatic nitrogens is 3. The van der Waals surface area contributed by atoms with Crippen LogP contribution in [-0.2, 0) is 9.59 Å². The second-order valence-electron chi connectivity index (χ2n) is 3.94. The molecule has 1 atom stereocenters. The van der Waals surface area contributed by atoms with Gasteiger partial charge in [-0.05, 0) is 18.0 Å². The zero-order chi connectivity index (χ0) is 14.0. The van der Waals surface area contributed by atoms with Gasteiger partial charge < -0.3 is 10.2 Å². The molecule has 1 saturated heterocycles. The molecule has 2 rings (SSSR count). The van der Waals surface area contributed by atoms with E-state index in [4.69, 9.17) is 11.6 Å². The summed E-state index contributed by atoms with van der Waals surface area (Å²) in [5.74, 6) is -0.263. The van der Waals surface area contributed by atoms with E-state index in [-0.39, 0.29) is 29.6 Å². The molecule has 1 fully saturated rings. The molecule has 1 aliphatic heterocycles. The minimum absolute atomic E-state index is 0.00244. The number of anilines is 2. The van der Waals surface area contributed by atoms with Crippen molar-refractivity contribution in [2.75, 3.05) is 23.8 Å². The number of imide groups is 1. The minimum Gasteiger partial charge on any atom is -0.357 e. The summed E-state index contributed by atoms with van der Waals surface area (Å²) in [7, 11) is 1.64. The van der Waals surface area contributed by atoms with Crippen LogP contribution < -0.4 is 15.5 Å². The highest BCUT2D eigenvalue weighted by Gasteiger charge is 2.34. The summed E-state index contributed by atoms with van der Waals surface area (Å²) in [6, 6.07) is -0.499. The van der Waals surface area contributed by atoms with Crippen LogP contribution in [0.5, 0.6) is 0 Å². The van der Waals surface area contributed by atoms with Crippen molar-refractivity contribution < 1.29 is 9.59 Å². The lowest BCUT2D eigenvalue weighted by Gasteiger charge is -2.33. The molecule has 9 heteroatoms. The Morgan fingerprint density at radius 2 is 2.16 bits per heavy atom. The summed E-state index contributed by atoms with van der Waals surface area (Å²) >= 11 is 5.80. The predicted molar refractivity (Wildman–Crippen MR) is 69.0 cm³/mol. The molecule has 1 aromatic heterocycles. The van der Waals surface area contributed by atoms with Gasteiger partial charge in [-0.25, -0.2) is 0 Å². The van der Waals surface area contributed by atoms with Crippen molar-refractivity contribution in [3.63, 3.8) is 0 Å². The normalized spacial score (nSPS) is 19.3. The van der Waals surface area contributed by atoms with Gasteiger partial charge in [-0.3, -0.25) is 14.9 Å². The van der Waals surface area contributed by atoms with Gasteiger partial charge in [0, 0.05) is 7.05 Å². The summed E-state index contributed by atoms with van der Waals surface area (Å²) in [4.78, 5) is 36.7. The van der Waals surface area contributed by atoms with Crippen molar-refractivity contribution >= 4 is 35.3 Å². The molecular weight excluding hydrogens is 272 g/mol. The number of halogens is 1. The SMILES string of the molecule is CCC1C(=O)NC(=O)CN1c1nc(Cl)nc(NC)n1. The quantitative estimate of drug-likeness (QED) is 0.742. The molecule has 2 amide bonds. The van der Waals surface area contributed by atoms with Crippen molar-refractivity contribution in [1.29, 1.82) is 0 Å². The standard InChI is InChI=1S/C10H13ClN6O2/c1-3-5-7(19)13-6(18)4-17(5)10-15-8(11)14-9(12-2)16-10/h5H,3-4H2,1-2H3,(H,13,18,19)(H,12,14,15,16). The Morgan fingerprint density at radius 1 is 1.42 bits per heavy atom. The van der Waals surface area contributed by atoms with Crippen molar-refractivity contribution in [2.45, 2.75) is 19.4 Å². The largest absolute Gasteiger partial charge is 0.357 e. The van der Waals surface area contributed by atoms with Crippen LogP contribution in [0.1, 0.15) is 13.3 Å². The Kier molecular flexibility index (Phi) is 3.79. The summed E-state index contributed by atoms with van der Waals surface area (Å²) in [5.41, 5.74) is 0. The maximum Gasteiger partial charge on any atom is 0.249 e. The van der Waals surface area contributed by atoms with Crippen LogP contribution in [0.25, 0.3) is 0 Å². The van der Waals surface area contributed by atoms with Crippen LogP contribution in [0.15, 0.2) is 0 Å². The highest BCUT2D eigenvalue weighted by atomic mass is 35.5. The van der Waals surface area contributed by atoms with Crippen molar-refractivity contribution in [2.24, 2.45) is 0 Å². The summed E-state index contributed by atoms with van der Waals surface area (Å²) in [5, 5.41) is 5.03. The fourth-order valence-corrected chi connectivity index (χ4v) is 2.02. The van der Waals surface area contributed by atoms with Crippen molar-refractivity contribution in [1.82, 2.24) is 20.3 Å².